The Bertz CT molecular complexity index is 1400. The second-order valence-corrected chi connectivity index (χ2v) is 13.2. The van der Waals surface area contributed by atoms with Gasteiger partial charge in [-0.2, -0.15) is 13.2 Å². The van der Waals surface area contributed by atoms with Crippen molar-refractivity contribution in [1.29, 1.82) is 0 Å². The van der Waals surface area contributed by atoms with Crippen LogP contribution in [0.4, 0.5) is 27.6 Å². The van der Waals surface area contributed by atoms with E-state index in [1.807, 2.05) is 4.90 Å². The highest BCUT2D eigenvalue weighted by Crippen LogP contribution is 2.59. The summed E-state index contributed by atoms with van der Waals surface area (Å²) in [5.41, 5.74) is -3.98. The zero-order valence-corrected chi connectivity index (χ0v) is 23.7. The predicted molar refractivity (Wildman–Crippen MR) is 146 cm³/mol. The fraction of sp³-hybridized carbons (Fsp3) is 0.562. The Balaban J connectivity index is 1.40. The number of hydrogen-bond acceptors (Lipinski definition) is 3. The van der Waals surface area contributed by atoms with Gasteiger partial charge in [0.05, 0.1) is 11.5 Å². The van der Waals surface area contributed by atoms with Crippen molar-refractivity contribution >= 4 is 17.6 Å². The summed E-state index contributed by atoms with van der Waals surface area (Å²) in [7, 11) is 1.75. The Morgan fingerprint density at radius 2 is 1.52 bits per heavy atom. The summed E-state index contributed by atoms with van der Waals surface area (Å²) in [6.45, 7) is 1.31. The van der Waals surface area contributed by atoms with Crippen LogP contribution in [-0.2, 0) is 27.1 Å². The molecule has 1 saturated heterocycles. The fourth-order valence-corrected chi connectivity index (χ4v) is 8.25. The van der Waals surface area contributed by atoms with Gasteiger partial charge in [0.1, 0.15) is 5.82 Å². The van der Waals surface area contributed by atoms with E-state index in [4.69, 9.17) is 0 Å². The largest absolute Gasteiger partial charge is 0.481 e. The molecule has 3 saturated carbocycles. The first-order valence-electron chi connectivity index (χ1n) is 14.6. The van der Waals surface area contributed by atoms with Crippen molar-refractivity contribution in [1.82, 2.24) is 4.90 Å². The number of carboxylic acids is 1. The highest BCUT2D eigenvalue weighted by Gasteiger charge is 2.61. The molecule has 1 N–H and O–H groups in total. The van der Waals surface area contributed by atoms with Gasteiger partial charge in [0.15, 0.2) is 0 Å². The number of fused-ring (bicyclic) bond motifs is 6. The molecule has 5 nitrogen and oxygen atoms in total. The minimum atomic E-state index is -5.09. The average Bonchev–Trinajstić information content (AvgIpc) is 3.32. The van der Waals surface area contributed by atoms with Crippen molar-refractivity contribution in [2.45, 2.75) is 81.6 Å². The van der Waals surface area contributed by atoms with Crippen LogP contribution < -0.4 is 4.90 Å². The third-order valence-corrected chi connectivity index (χ3v) is 11.1. The molecule has 42 heavy (non-hydrogen) atoms. The number of likely N-dealkylation sites (N-methyl/N-ethyl adjacent to an activating group) is 1. The maximum Gasteiger partial charge on any atom is 0.426 e. The number of rotatable bonds is 5. The summed E-state index contributed by atoms with van der Waals surface area (Å²) in [5, 5.41) is 9.82. The van der Waals surface area contributed by atoms with Gasteiger partial charge in [0, 0.05) is 42.2 Å². The molecule has 3 atom stereocenters. The number of aliphatic carboxylic acids is 1. The lowest BCUT2D eigenvalue weighted by Crippen LogP contribution is -2.59. The van der Waals surface area contributed by atoms with Crippen LogP contribution in [0.3, 0.4) is 0 Å². The van der Waals surface area contributed by atoms with E-state index in [0.29, 0.717) is 77.1 Å². The molecule has 226 valence electrons. The molecule has 4 fully saturated rings. The van der Waals surface area contributed by atoms with Crippen molar-refractivity contribution < 1.29 is 36.6 Å². The van der Waals surface area contributed by atoms with E-state index in [0.717, 1.165) is 11.1 Å². The van der Waals surface area contributed by atoms with Crippen LogP contribution in [0, 0.1) is 16.6 Å². The predicted octanol–water partition coefficient (Wildman–Crippen LogP) is 6.53. The van der Waals surface area contributed by atoms with Crippen molar-refractivity contribution in [3.8, 4) is 0 Å². The van der Waals surface area contributed by atoms with E-state index in [1.165, 1.54) is 24.3 Å². The molecule has 0 aromatic heterocycles. The zero-order chi connectivity index (χ0) is 30.3. The number of amides is 1. The number of carbonyl (C=O) groups is 2. The van der Waals surface area contributed by atoms with Crippen LogP contribution in [0.25, 0.3) is 0 Å². The number of alkyl halides is 4. The molecule has 2 aromatic rings. The molecule has 2 aromatic carbocycles. The molecule has 3 unspecified atom stereocenters. The van der Waals surface area contributed by atoms with Gasteiger partial charge in [0.25, 0.3) is 0 Å². The number of hydrogen-bond donors (Lipinski definition) is 1. The normalized spacial score (nSPS) is 31.8. The quantitative estimate of drug-likeness (QED) is 0.403. The van der Waals surface area contributed by atoms with Crippen LogP contribution in [0.5, 0.6) is 0 Å². The SMILES string of the molecule is CN1CC2N(C(=O)C34CCC(C(=O)O)(CC3)CC4)CCC2(Cc2ccc(F)cc2)c2ccc(C(C)(F)C(F)(F)F)cc21. The second-order valence-electron chi connectivity index (χ2n) is 13.2. The Morgan fingerprint density at radius 1 is 0.929 bits per heavy atom. The first-order chi connectivity index (χ1) is 19.6. The van der Waals surface area contributed by atoms with Crippen LogP contribution in [0.15, 0.2) is 42.5 Å². The van der Waals surface area contributed by atoms with Crippen LogP contribution in [-0.4, -0.2) is 54.2 Å². The third kappa shape index (κ3) is 4.14. The smallest absolute Gasteiger partial charge is 0.426 e. The Hall–Kier alpha value is -3.17. The van der Waals surface area contributed by atoms with Gasteiger partial charge < -0.3 is 14.9 Å². The number of carboxylic acid groups (broad SMARTS) is 1. The van der Waals surface area contributed by atoms with Gasteiger partial charge in [-0.15, -0.1) is 0 Å². The van der Waals surface area contributed by atoms with Crippen LogP contribution in [0.1, 0.15) is 68.6 Å². The van der Waals surface area contributed by atoms with Crippen LogP contribution in [0.2, 0.25) is 0 Å². The number of anilines is 1. The summed E-state index contributed by atoms with van der Waals surface area (Å²) in [6, 6.07) is 9.85. The van der Waals surface area contributed by atoms with E-state index < -0.39 is 39.6 Å². The topological polar surface area (TPSA) is 60.9 Å². The number of benzene rings is 2. The molecule has 0 spiro atoms. The van der Waals surface area contributed by atoms with E-state index >= 15 is 4.39 Å². The molecule has 10 heteroatoms. The summed E-state index contributed by atoms with van der Waals surface area (Å²) in [4.78, 5) is 30.1. The Kier molecular flexibility index (Phi) is 6.48. The molecule has 2 bridgehead atoms. The van der Waals surface area contributed by atoms with Gasteiger partial charge in [-0.25, -0.2) is 8.78 Å². The van der Waals surface area contributed by atoms with E-state index in [1.54, 1.807) is 30.1 Å². The average molecular weight is 591 g/mol. The summed E-state index contributed by atoms with van der Waals surface area (Å²) in [5.74, 6) is -1.15. The Labute approximate surface area is 241 Å². The number of likely N-dealkylation sites (tertiary alicyclic amines) is 1. The number of carbonyl (C=O) groups excluding carboxylic acids is 1. The van der Waals surface area contributed by atoms with E-state index in [-0.39, 0.29) is 17.8 Å². The Morgan fingerprint density at radius 3 is 2.10 bits per heavy atom. The first kappa shape index (κ1) is 28.9. The second kappa shape index (κ2) is 9.41. The van der Waals surface area contributed by atoms with Gasteiger partial charge in [0.2, 0.25) is 11.6 Å². The van der Waals surface area contributed by atoms with Gasteiger partial charge in [-0.3, -0.25) is 9.59 Å². The van der Waals surface area contributed by atoms with E-state index in [9.17, 15) is 32.3 Å². The minimum absolute atomic E-state index is 0.0223. The molecular formula is C32H35F5N2O3. The molecule has 2 aliphatic heterocycles. The standard InChI is InChI=1S/C32H35F5N2O3/c1-28(34,32(35,36)37)21-5-8-23-24(17-21)38(2)19-25-31(23,18-20-3-6-22(33)7-4-20)15-16-39(25)26(40)29-9-12-30(13-10-29,14-11-29)27(41)42/h3-8,17,25H,9-16,18-19H2,1-2H3,(H,41,42). The van der Waals surface area contributed by atoms with Crippen molar-refractivity contribution in [3.63, 3.8) is 0 Å². The molecule has 5 aliphatic rings. The van der Waals surface area contributed by atoms with Crippen molar-refractivity contribution in [3.05, 3.63) is 65.0 Å². The van der Waals surface area contributed by atoms with Gasteiger partial charge in [-0.1, -0.05) is 24.3 Å². The molecule has 0 radical (unpaired) electrons. The first-order valence-corrected chi connectivity index (χ1v) is 14.6. The number of halogens is 5. The maximum absolute atomic E-state index is 15.0. The fourth-order valence-electron chi connectivity index (χ4n) is 8.25. The summed E-state index contributed by atoms with van der Waals surface area (Å²) in [6.07, 6.45) is -1.12. The zero-order valence-electron chi connectivity index (χ0n) is 23.7. The molecular weight excluding hydrogens is 555 g/mol. The third-order valence-electron chi connectivity index (χ3n) is 11.1. The molecule has 2 heterocycles. The molecule has 1 amide bonds. The molecule has 3 aliphatic carbocycles. The molecule has 7 rings (SSSR count). The monoisotopic (exact) mass is 590 g/mol. The van der Waals surface area contributed by atoms with Crippen molar-refractivity contribution in [2.75, 3.05) is 25.0 Å². The number of nitrogens with zero attached hydrogens (tertiary/aromatic N) is 2. The van der Waals surface area contributed by atoms with Crippen LogP contribution >= 0.6 is 0 Å². The summed E-state index contributed by atoms with van der Waals surface area (Å²) >= 11 is 0. The summed E-state index contributed by atoms with van der Waals surface area (Å²) < 4.78 is 69.7. The minimum Gasteiger partial charge on any atom is -0.481 e. The van der Waals surface area contributed by atoms with Crippen molar-refractivity contribution in [2.24, 2.45) is 10.8 Å². The maximum atomic E-state index is 15.0. The highest BCUT2D eigenvalue weighted by molar-refractivity contribution is 5.86. The van der Waals surface area contributed by atoms with Gasteiger partial charge >= 0.3 is 12.1 Å². The van der Waals surface area contributed by atoms with Gasteiger partial charge in [-0.05, 0) is 87.6 Å². The lowest BCUT2D eigenvalue weighted by molar-refractivity contribution is -0.228. The van der Waals surface area contributed by atoms with E-state index in [2.05, 4.69) is 0 Å². The highest BCUT2D eigenvalue weighted by atomic mass is 19.4. The lowest BCUT2D eigenvalue weighted by atomic mass is 9.53. The lowest BCUT2D eigenvalue weighted by Gasteiger charge is -2.53.